The molecule has 0 atom stereocenters. The van der Waals surface area contributed by atoms with Crippen LogP contribution in [0.2, 0.25) is 0 Å². The Morgan fingerprint density at radius 3 is 2.48 bits per heavy atom. The van der Waals surface area contributed by atoms with E-state index in [9.17, 15) is 9.59 Å². The highest BCUT2D eigenvalue weighted by atomic mass is 16.5. The van der Waals surface area contributed by atoms with Gasteiger partial charge in [0.25, 0.3) is 5.91 Å². The number of aromatic nitrogens is 2. The smallest absolute Gasteiger partial charge is 0.360 e. The highest BCUT2D eigenvalue weighted by Crippen LogP contribution is 2.20. The number of furan rings is 1. The van der Waals surface area contributed by atoms with Crippen molar-refractivity contribution in [2.45, 2.75) is 20.1 Å². The van der Waals surface area contributed by atoms with Crippen molar-refractivity contribution >= 4 is 17.6 Å². The summed E-state index contributed by atoms with van der Waals surface area (Å²) in [5.41, 5.74) is 0.272. The van der Waals surface area contributed by atoms with E-state index in [1.807, 2.05) is 6.92 Å². The molecule has 1 N–H and O–H groups in total. The molecule has 0 spiro atoms. The van der Waals surface area contributed by atoms with Gasteiger partial charge in [-0.3, -0.25) is 9.48 Å². The zero-order valence-corrected chi connectivity index (χ0v) is 16.3. The number of carbonyl (C=O) groups is 2. The van der Waals surface area contributed by atoms with E-state index in [4.69, 9.17) is 18.6 Å². The van der Waals surface area contributed by atoms with Crippen molar-refractivity contribution in [1.29, 1.82) is 0 Å². The molecule has 0 fully saturated rings. The van der Waals surface area contributed by atoms with Crippen LogP contribution < -0.4 is 14.8 Å². The third kappa shape index (κ3) is 4.75. The van der Waals surface area contributed by atoms with E-state index in [1.165, 1.54) is 17.9 Å². The van der Waals surface area contributed by atoms with Gasteiger partial charge in [0.2, 0.25) is 0 Å². The molecule has 0 aliphatic heterocycles. The summed E-state index contributed by atoms with van der Waals surface area (Å²) in [5.74, 6) is 0.777. The lowest BCUT2D eigenvalue weighted by atomic mass is 10.3. The fourth-order valence-electron chi connectivity index (χ4n) is 2.51. The van der Waals surface area contributed by atoms with Gasteiger partial charge in [-0.05, 0) is 43.3 Å². The minimum Gasteiger partial charge on any atom is -0.497 e. The fraction of sp³-hybridized carbons (Fsp3) is 0.250. The fourth-order valence-corrected chi connectivity index (χ4v) is 2.51. The maximum atomic E-state index is 12.5. The Morgan fingerprint density at radius 1 is 1.10 bits per heavy atom. The third-order valence-electron chi connectivity index (χ3n) is 4.04. The van der Waals surface area contributed by atoms with Gasteiger partial charge in [-0.25, -0.2) is 4.79 Å². The van der Waals surface area contributed by atoms with Crippen LogP contribution in [0.1, 0.15) is 33.7 Å². The van der Waals surface area contributed by atoms with Crippen molar-refractivity contribution in [2.75, 3.05) is 19.5 Å². The second kappa shape index (κ2) is 8.96. The summed E-state index contributed by atoms with van der Waals surface area (Å²) in [4.78, 5) is 24.3. The van der Waals surface area contributed by atoms with E-state index in [1.54, 1.807) is 43.6 Å². The van der Waals surface area contributed by atoms with Crippen LogP contribution in [0.25, 0.3) is 0 Å². The van der Waals surface area contributed by atoms with Gasteiger partial charge in [-0.15, -0.1) is 0 Å². The first-order chi connectivity index (χ1) is 14.0. The number of anilines is 1. The molecule has 3 aromatic rings. The van der Waals surface area contributed by atoms with Crippen LogP contribution in [0.15, 0.2) is 47.0 Å². The molecule has 0 radical (unpaired) electrons. The lowest BCUT2D eigenvalue weighted by Gasteiger charge is -2.05. The van der Waals surface area contributed by atoms with Gasteiger partial charge in [0, 0.05) is 12.7 Å². The van der Waals surface area contributed by atoms with E-state index >= 15 is 0 Å². The lowest BCUT2D eigenvalue weighted by Crippen LogP contribution is -2.14. The maximum absolute atomic E-state index is 12.5. The molecule has 0 unspecified atom stereocenters. The third-order valence-corrected chi connectivity index (χ3v) is 4.04. The Hall–Kier alpha value is -3.75. The van der Waals surface area contributed by atoms with Crippen LogP contribution >= 0.6 is 0 Å². The largest absolute Gasteiger partial charge is 0.497 e. The number of methoxy groups -OCH3 is 2. The van der Waals surface area contributed by atoms with Gasteiger partial charge in [-0.1, -0.05) is 0 Å². The van der Waals surface area contributed by atoms with Crippen LogP contribution in [-0.2, 0) is 17.9 Å². The topological polar surface area (TPSA) is 105 Å². The van der Waals surface area contributed by atoms with Gasteiger partial charge >= 0.3 is 5.97 Å². The predicted octanol–water partition coefficient (Wildman–Crippen LogP) is 3.12. The number of amides is 1. The zero-order chi connectivity index (χ0) is 20.8. The van der Waals surface area contributed by atoms with Crippen LogP contribution in [0.4, 0.5) is 5.69 Å². The molecule has 0 aliphatic rings. The second-order valence-electron chi connectivity index (χ2n) is 5.92. The average molecular weight is 399 g/mol. The van der Waals surface area contributed by atoms with E-state index in [0.717, 1.165) is 5.75 Å². The minimum atomic E-state index is -0.638. The standard InChI is InChI=1S/C20H21N3O6/c1-4-23-11-16(18(22-23)20(25)27-3)21-19(24)17-10-9-15(29-17)12-28-14-7-5-13(26-2)6-8-14/h5-11H,4,12H2,1-3H3,(H,21,24). The summed E-state index contributed by atoms with van der Waals surface area (Å²) < 4.78 is 22.5. The number of nitrogens with one attached hydrogen (secondary N) is 1. The lowest BCUT2D eigenvalue weighted by molar-refractivity contribution is 0.0594. The number of hydrogen-bond donors (Lipinski definition) is 1. The quantitative estimate of drug-likeness (QED) is 0.580. The van der Waals surface area contributed by atoms with Gasteiger partial charge in [0.15, 0.2) is 11.5 Å². The van der Waals surface area contributed by atoms with Gasteiger partial charge in [0.1, 0.15) is 23.9 Å². The molecule has 0 bridgehead atoms. The average Bonchev–Trinajstić information content (AvgIpc) is 3.39. The molecule has 0 saturated carbocycles. The molecule has 0 saturated heterocycles. The Balaban J connectivity index is 1.64. The number of rotatable bonds is 8. The number of aryl methyl sites for hydroxylation is 1. The van der Waals surface area contributed by atoms with Crippen molar-refractivity contribution in [1.82, 2.24) is 9.78 Å². The first-order valence-corrected chi connectivity index (χ1v) is 8.86. The molecule has 152 valence electrons. The number of ether oxygens (including phenoxy) is 3. The SMILES string of the molecule is CCn1cc(NC(=O)c2ccc(COc3ccc(OC)cc3)o2)c(C(=O)OC)n1. The molecule has 2 heterocycles. The molecular formula is C20H21N3O6. The maximum Gasteiger partial charge on any atom is 0.360 e. The van der Waals surface area contributed by atoms with Crippen molar-refractivity contribution < 1.29 is 28.2 Å². The summed E-state index contributed by atoms with van der Waals surface area (Å²) in [5, 5.41) is 6.72. The number of nitrogens with zero attached hydrogens (tertiary/aromatic N) is 2. The van der Waals surface area contributed by atoms with E-state index in [0.29, 0.717) is 18.1 Å². The Bertz CT molecular complexity index is 990. The van der Waals surface area contributed by atoms with E-state index in [-0.39, 0.29) is 23.7 Å². The highest BCUT2D eigenvalue weighted by Gasteiger charge is 2.21. The monoisotopic (exact) mass is 399 g/mol. The van der Waals surface area contributed by atoms with Crippen molar-refractivity contribution in [3.63, 3.8) is 0 Å². The van der Waals surface area contributed by atoms with Crippen LogP contribution in [0.3, 0.4) is 0 Å². The Kier molecular flexibility index (Phi) is 6.18. The Morgan fingerprint density at radius 2 is 1.83 bits per heavy atom. The van der Waals surface area contributed by atoms with Crippen molar-refractivity contribution in [3.05, 3.63) is 59.8 Å². The predicted molar refractivity (Wildman–Crippen MR) is 103 cm³/mol. The Labute approximate surface area is 167 Å². The van der Waals surface area contributed by atoms with Gasteiger partial charge in [0.05, 0.1) is 19.9 Å². The van der Waals surface area contributed by atoms with Crippen LogP contribution in [0, 0.1) is 0 Å². The summed E-state index contributed by atoms with van der Waals surface area (Å²) in [6, 6.07) is 10.3. The molecule has 2 aromatic heterocycles. The van der Waals surface area contributed by atoms with Gasteiger partial charge < -0.3 is 23.9 Å². The molecule has 9 nitrogen and oxygen atoms in total. The normalized spacial score (nSPS) is 10.4. The molecule has 9 heteroatoms. The summed E-state index contributed by atoms with van der Waals surface area (Å²) >= 11 is 0. The summed E-state index contributed by atoms with van der Waals surface area (Å²) in [6.45, 7) is 2.55. The first kappa shape index (κ1) is 20.0. The molecule has 0 aliphatic carbocycles. The van der Waals surface area contributed by atoms with Crippen LogP contribution in [0.5, 0.6) is 11.5 Å². The second-order valence-corrected chi connectivity index (χ2v) is 5.92. The number of esters is 1. The number of hydrogen-bond acceptors (Lipinski definition) is 7. The molecular weight excluding hydrogens is 378 g/mol. The van der Waals surface area contributed by atoms with Crippen molar-refractivity contribution in [2.24, 2.45) is 0 Å². The zero-order valence-electron chi connectivity index (χ0n) is 16.3. The minimum absolute atomic E-state index is 0.0253. The van der Waals surface area contributed by atoms with Gasteiger partial charge in [-0.2, -0.15) is 5.10 Å². The van der Waals surface area contributed by atoms with E-state index < -0.39 is 11.9 Å². The van der Waals surface area contributed by atoms with E-state index in [2.05, 4.69) is 10.4 Å². The number of carbonyl (C=O) groups excluding carboxylic acids is 2. The molecule has 1 aromatic carbocycles. The molecule has 3 rings (SSSR count). The summed E-state index contributed by atoms with van der Waals surface area (Å²) in [6.07, 6.45) is 1.56. The number of benzene rings is 1. The highest BCUT2D eigenvalue weighted by molar-refractivity contribution is 6.05. The molecule has 29 heavy (non-hydrogen) atoms. The first-order valence-electron chi connectivity index (χ1n) is 8.86. The molecule has 1 amide bonds. The summed E-state index contributed by atoms with van der Waals surface area (Å²) in [7, 11) is 2.84. The van der Waals surface area contributed by atoms with Crippen LogP contribution in [-0.4, -0.2) is 35.9 Å². The van der Waals surface area contributed by atoms with Crippen molar-refractivity contribution in [3.8, 4) is 11.5 Å².